The second kappa shape index (κ2) is 4.38. The second-order valence-corrected chi connectivity index (χ2v) is 6.53. The lowest BCUT2D eigenvalue weighted by molar-refractivity contribution is 0.0862. The van der Waals surface area contributed by atoms with Crippen molar-refractivity contribution in [1.29, 1.82) is 0 Å². The van der Waals surface area contributed by atoms with E-state index in [-0.39, 0.29) is 11.5 Å². The largest absolute Gasteiger partial charge is 0.383 e. The zero-order valence-electron chi connectivity index (χ0n) is 11.4. The standard InChI is InChI=1S/C14H26FN/c1-10(2)12(13(4,5)6)16-11(3)14(15)8-7-9-14/h10,12,16H,3,7-9H2,1-2,4-6H3. The van der Waals surface area contributed by atoms with E-state index in [0.717, 1.165) is 6.42 Å². The lowest BCUT2D eigenvalue weighted by Crippen LogP contribution is -2.49. The summed E-state index contributed by atoms with van der Waals surface area (Å²) >= 11 is 0. The van der Waals surface area contributed by atoms with Crippen LogP contribution < -0.4 is 5.32 Å². The fourth-order valence-corrected chi connectivity index (χ4v) is 2.49. The average Bonchev–Trinajstić information content (AvgIpc) is 2.07. The smallest absolute Gasteiger partial charge is 0.149 e. The third-order valence-corrected chi connectivity index (χ3v) is 3.62. The van der Waals surface area contributed by atoms with Gasteiger partial charge in [-0.2, -0.15) is 0 Å². The first-order valence-corrected chi connectivity index (χ1v) is 6.32. The molecular formula is C14H26FN. The Labute approximate surface area is 99.5 Å². The number of halogens is 1. The van der Waals surface area contributed by atoms with E-state index in [9.17, 15) is 4.39 Å². The van der Waals surface area contributed by atoms with Gasteiger partial charge in [0.2, 0.25) is 0 Å². The van der Waals surface area contributed by atoms with E-state index >= 15 is 0 Å². The minimum atomic E-state index is -1.14. The maximum absolute atomic E-state index is 14.1. The van der Waals surface area contributed by atoms with Gasteiger partial charge in [-0.15, -0.1) is 0 Å². The number of rotatable bonds is 4. The van der Waals surface area contributed by atoms with Gasteiger partial charge in [-0.3, -0.25) is 0 Å². The topological polar surface area (TPSA) is 12.0 Å². The van der Waals surface area contributed by atoms with Crippen LogP contribution in [0.2, 0.25) is 0 Å². The summed E-state index contributed by atoms with van der Waals surface area (Å²) < 4.78 is 14.1. The molecule has 1 atom stereocenters. The minimum Gasteiger partial charge on any atom is -0.383 e. The van der Waals surface area contributed by atoms with Crippen molar-refractivity contribution in [1.82, 2.24) is 5.32 Å². The Morgan fingerprint density at radius 2 is 1.81 bits per heavy atom. The molecule has 1 N–H and O–H groups in total. The molecule has 0 spiro atoms. The molecule has 94 valence electrons. The van der Waals surface area contributed by atoms with Crippen molar-refractivity contribution in [2.75, 3.05) is 0 Å². The molecule has 0 amide bonds. The van der Waals surface area contributed by atoms with Crippen LogP contribution in [-0.4, -0.2) is 11.7 Å². The summed E-state index contributed by atoms with van der Waals surface area (Å²) in [6, 6.07) is 0.272. The number of nitrogens with one attached hydrogen (secondary N) is 1. The van der Waals surface area contributed by atoms with Crippen molar-refractivity contribution in [2.45, 2.75) is 65.6 Å². The first kappa shape index (κ1) is 13.5. The first-order valence-electron chi connectivity index (χ1n) is 6.32. The Kier molecular flexibility index (Phi) is 3.71. The van der Waals surface area contributed by atoms with Gasteiger partial charge in [0.25, 0.3) is 0 Å². The van der Waals surface area contributed by atoms with Gasteiger partial charge in [-0.05, 0) is 30.6 Å². The van der Waals surface area contributed by atoms with E-state index in [1.54, 1.807) is 0 Å². The third-order valence-electron chi connectivity index (χ3n) is 3.62. The summed E-state index contributed by atoms with van der Waals surface area (Å²) in [5.41, 5.74) is -0.428. The van der Waals surface area contributed by atoms with E-state index in [4.69, 9.17) is 0 Å². The van der Waals surface area contributed by atoms with Crippen LogP contribution in [0.3, 0.4) is 0 Å². The Morgan fingerprint density at radius 1 is 1.31 bits per heavy atom. The predicted molar refractivity (Wildman–Crippen MR) is 68.0 cm³/mol. The van der Waals surface area contributed by atoms with E-state index in [1.807, 2.05) is 0 Å². The molecule has 0 bridgehead atoms. The fraction of sp³-hybridized carbons (Fsp3) is 0.857. The highest BCUT2D eigenvalue weighted by Crippen LogP contribution is 2.41. The van der Waals surface area contributed by atoms with Crippen LogP contribution in [-0.2, 0) is 0 Å². The van der Waals surface area contributed by atoms with Crippen molar-refractivity contribution in [3.63, 3.8) is 0 Å². The van der Waals surface area contributed by atoms with Crippen LogP contribution in [0.1, 0.15) is 53.9 Å². The summed E-state index contributed by atoms with van der Waals surface area (Å²) in [5, 5.41) is 3.33. The van der Waals surface area contributed by atoms with Crippen LogP contribution in [0, 0.1) is 11.3 Å². The van der Waals surface area contributed by atoms with Crippen LogP contribution in [0.4, 0.5) is 4.39 Å². The Balaban J connectivity index is 2.66. The number of alkyl halides is 1. The Morgan fingerprint density at radius 3 is 2.06 bits per heavy atom. The van der Waals surface area contributed by atoms with Crippen molar-refractivity contribution in [3.8, 4) is 0 Å². The van der Waals surface area contributed by atoms with Crippen LogP contribution >= 0.6 is 0 Å². The van der Waals surface area contributed by atoms with Crippen molar-refractivity contribution in [3.05, 3.63) is 12.3 Å². The van der Waals surface area contributed by atoms with Crippen molar-refractivity contribution >= 4 is 0 Å². The predicted octanol–water partition coefficient (Wildman–Crippen LogP) is 4.05. The Hall–Kier alpha value is -0.530. The van der Waals surface area contributed by atoms with Gasteiger partial charge in [0, 0.05) is 11.7 Å². The van der Waals surface area contributed by atoms with Crippen LogP contribution in [0.25, 0.3) is 0 Å². The van der Waals surface area contributed by atoms with Crippen molar-refractivity contribution in [2.24, 2.45) is 11.3 Å². The van der Waals surface area contributed by atoms with E-state index in [0.29, 0.717) is 24.5 Å². The molecule has 1 aliphatic carbocycles. The molecule has 1 fully saturated rings. The number of hydrogen-bond acceptors (Lipinski definition) is 1. The summed E-state index contributed by atoms with van der Waals surface area (Å²) in [6.45, 7) is 14.8. The molecule has 0 aromatic heterocycles. The highest BCUT2D eigenvalue weighted by atomic mass is 19.1. The van der Waals surface area contributed by atoms with Gasteiger partial charge in [0.1, 0.15) is 5.67 Å². The van der Waals surface area contributed by atoms with E-state index in [1.165, 1.54) is 0 Å². The van der Waals surface area contributed by atoms with Gasteiger partial charge in [-0.25, -0.2) is 4.39 Å². The Bertz CT molecular complexity index is 258. The summed E-state index contributed by atoms with van der Waals surface area (Å²) in [5.74, 6) is 0.473. The zero-order chi connectivity index (χ0) is 12.6. The second-order valence-electron chi connectivity index (χ2n) is 6.53. The SMILES string of the molecule is C=C(NC(C(C)C)C(C)(C)C)C1(F)CCC1. The molecule has 0 aromatic carbocycles. The van der Waals surface area contributed by atoms with Gasteiger partial charge >= 0.3 is 0 Å². The summed E-state index contributed by atoms with van der Waals surface area (Å²) in [7, 11) is 0. The van der Waals surface area contributed by atoms with Crippen LogP contribution in [0.15, 0.2) is 12.3 Å². The van der Waals surface area contributed by atoms with Crippen molar-refractivity contribution < 1.29 is 4.39 Å². The summed E-state index contributed by atoms with van der Waals surface area (Å²) in [6.07, 6.45) is 2.25. The van der Waals surface area contributed by atoms with Crippen LogP contribution in [0.5, 0.6) is 0 Å². The van der Waals surface area contributed by atoms with E-state index in [2.05, 4.69) is 46.5 Å². The lowest BCUT2D eigenvalue weighted by Gasteiger charge is -2.42. The lowest BCUT2D eigenvalue weighted by atomic mass is 9.76. The molecule has 0 saturated heterocycles. The van der Waals surface area contributed by atoms with Gasteiger partial charge in [0.15, 0.2) is 0 Å². The van der Waals surface area contributed by atoms with E-state index < -0.39 is 5.67 Å². The molecule has 1 aliphatic rings. The molecular weight excluding hydrogens is 201 g/mol. The molecule has 1 saturated carbocycles. The molecule has 2 heteroatoms. The molecule has 1 nitrogen and oxygen atoms in total. The number of allylic oxidation sites excluding steroid dienone is 1. The highest BCUT2D eigenvalue weighted by Gasteiger charge is 2.41. The molecule has 16 heavy (non-hydrogen) atoms. The summed E-state index contributed by atoms with van der Waals surface area (Å²) in [4.78, 5) is 0. The molecule has 0 radical (unpaired) electrons. The molecule has 1 rings (SSSR count). The molecule has 0 aromatic rings. The molecule has 0 heterocycles. The molecule has 1 unspecified atom stereocenters. The molecule has 0 aliphatic heterocycles. The highest BCUT2D eigenvalue weighted by molar-refractivity contribution is 5.16. The normalized spacial score (nSPS) is 21.4. The first-order chi connectivity index (χ1) is 7.17. The van der Waals surface area contributed by atoms with Gasteiger partial charge < -0.3 is 5.32 Å². The maximum Gasteiger partial charge on any atom is 0.149 e. The monoisotopic (exact) mass is 227 g/mol. The zero-order valence-corrected chi connectivity index (χ0v) is 11.4. The third kappa shape index (κ3) is 2.78. The van der Waals surface area contributed by atoms with Gasteiger partial charge in [-0.1, -0.05) is 41.2 Å². The quantitative estimate of drug-likeness (QED) is 0.764. The average molecular weight is 227 g/mol. The minimum absolute atomic E-state index is 0.122. The maximum atomic E-state index is 14.1. The fourth-order valence-electron chi connectivity index (χ4n) is 2.49. The number of hydrogen-bond donors (Lipinski definition) is 1. The van der Waals surface area contributed by atoms with Gasteiger partial charge in [0.05, 0.1) is 0 Å².